The first kappa shape index (κ1) is 14.2. The maximum Gasteiger partial charge on any atom is 0.168 e. The molecule has 1 aromatic heterocycles. The molecule has 2 aliphatic carbocycles. The number of ketones is 1. The smallest absolute Gasteiger partial charge is 0.168 e. The van der Waals surface area contributed by atoms with E-state index in [-0.39, 0.29) is 5.92 Å². The van der Waals surface area contributed by atoms with Crippen molar-refractivity contribution in [2.75, 3.05) is 0 Å². The second-order valence-electron chi connectivity index (χ2n) is 6.53. The molecule has 114 valence electrons. The highest BCUT2D eigenvalue weighted by atomic mass is 16.1. The molecule has 23 heavy (non-hydrogen) atoms. The molecule has 0 saturated heterocycles. The van der Waals surface area contributed by atoms with E-state index in [0.717, 1.165) is 41.8 Å². The van der Waals surface area contributed by atoms with Crippen LogP contribution in [-0.2, 0) is 6.42 Å². The molecule has 2 atom stereocenters. The molecule has 2 heteroatoms. The summed E-state index contributed by atoms with van der Waals surface area (Å²) in [5, 5.41) is 0. The molecular formula is C21H19NO. The quantitative estimate of drug-likeness (QED) is 0.688. The highest BCUT2D eigenvalue weighted by Crippen LogP contribution is 2.38. The van der Waals surface area contributed by atoms with Gasteiger partial charge in [-0.2, -0.15) is 0 Å². The molecule has 2 aromatic rings. The van der Waals surface area contributed by atoms with Gasteiger partial charge >= 0.3 is 0 Å². The van der Waals surface area contributed by atoms with E-state index in [1.165, 1.54) is 12.8 Å². The number of hydrogen-bond donors (Lipinski definition) is 0. The van der Waals surface area contributed by atoms with Crippen LogP contribution in [-0.4, -0.2) is 10.8 Å². The third kappa shape index (κ3) is 2.80. The predicted molar refractivity (Wildman–Crippen MR) is 90.1 cm³/mol. The van der Waals surface area contributed by atoms with Gasteiger partial charge in [-0.15, -0.1) is 0 Å². The molecular weight excluding hydrogens is 282 g/mol. The van der Waals surface area contributed by atoms with Crippen LogP contribution in [0.3, 0.4) is 0 Å². The van der Waals surface area contributed by atoms with E-state index in [2.05, 4.69) is 16.8 Å². The Labute approximate surface area is 137 Å². The van der Waals surface area contributed by atoms with Gasteiger partial charge in [0, 0.05) is 17.0 Å². The first-order valence-corrected chi connectivity index (χ1v) is 8.42. The van der Waals surface area contributed by atoms with Gasteiger partial charge in [-0.05, 0) is 55.4 Å². The van der Waals surface area contributed by atoms with Gasteiger partial charge in [0.15, 0.2) is 5.78 Å². The van der Waals surface area contributed by atoms with Gasteiger partial charge in [-0.3, -0.25) is 4.79 Å². The van der Waals surface area contributed by atoms with E-state index in [4.69, 9.17) is 0 Å². The fourth-order valence-corrected chi connectivity index (χ4v) is 3.85. The Bertz CT molecular complexity index is 798. The zero-order chi connectivity index (χ0) is 15.6. The van der Waals surface area contributed by atoms with Gasteiger partial charge in [0.1, 0.15) is 5.69 Å². The van der Waals surface area contributed by atoms with Crippen LogP contribution in [0.15, 0.2) is 42.5 Å². The Kier molecular flexibility index (Phi) is 3.71. The van der Waals surface area contributed by atoms with Crippen molar-refractivity contribution in [2.24, 2.45) is 11.8 Å². The lowest BCUT2D eigenvalue weighted by atomic mass is 9.69. The third-order valence-corrected chi connectivity index (χ3v) is 5.05. The van der Waals surface area contributed by atoms with E-state index in [9.17, 15) is 4.79 Å². The fraction of sp³-hybridized carbons (Fsp3) is 0.333. The van der Waals surface area contributed by atoms with Gasteiger partial charge in [-0.1, -0.05) is 37.0 Å². The van der Waals surface area contributed by atoms with Crippen molar-refractivity contribution in [1.82, 2.24) is 4.98 Å². The van der Waals surface area contributed by atoms with E-state index < -0.39 is 0 Å². The van der Waals surface area contributed by atoms with Crippen LogP contribution in [0.2, 0.25) is 0 Å². The molecule has 0 bridgehead atoms. The van der Waals surface area contributed by atoms with Crippen molar-refractivity contribution in [2.45, 2.75) is 32.1 Å². The lowest BCUT2D eigenvalue weighted by Gasteiger charge is -2.34. The zero-order valence-corrected chi connectivity index (χ0v) is 13.1. The number of rotatable bonds is 0. The van der Waals surface area contributed by atoms with Crippen molar-refractivity contribution >= 4 is 5.78 Å². The summed E-state index contributed by atoms with van der Waals surface area (Å²) in [5.41, 5.74) is 3.53. The maximum absolute atomic E-state index is 12.7. The normalized spacial score (nSPS) is 22.5. The van der Waals surface area contributed by atoms with Crippen molar-refractivity contribution in [3.63, 3.8) is 0 Å². The maximum atomic E-state index is 12.7. The molecule has 2 nitrogen and oxygen atoms in total. The van der Waals surface area contributed by atoms with Crippen LogP contribution in [0, 0.1) is 23.7 Å². The summed E-state index contributed by atoms with van der Waals surface area (Å²) in [6.45, 7) is 0. The summed E-state index contributed by atoms with van der Waals surface area (Å²) in [4.78, 5) is 17.3. The molecule has 0 radical (unpaired) electrons. The average Bonchev–Trinajstić information content (AvgIpc) is 2.61. The number of nitrogens with zero attached hydrogens (tertiary/aromatic N) is 1. The topological polar surface area (TPSA) is 30.0 Å². The van der Waals surface area contributed by atoms with Crippen LogP contribution >= 0.6 is 0 Å². The minimum Gasteiger partial charge on any atom is -0.294 e. The zero-order valence-electron chi connectivity index (χ0n) is 13.1. The fourth-order valence-electron chi connectivity index (χ4n) is 3.85. The van der Waals surface area contributed by atoms with Gasteiger partial charge in [0.05, 0.1) is 5.69 Å². The Morgan fingerprint density at radius 1 is 0.957 bits per heavy atom. The standard InChI is InChI=1S/C21H19NO/c23-21-18-9-5-4-8-16(18)14-20-19(21)13-12-17(22-20)11-10-15-6-2-1-3-7-15/h1-3,6-7,12-13,16,18H,4-5,8-9,14H2. The molecule has 4 rings (SSSR count). The molecule has 1 heterocycles. The number of fused-ring (bicyclic) bond motifs is 2. The number of hydrogen-bond acceptors (Lipinski definition) is 2. The van der Waals surface area contributed by atoms with E-state index >= 15 is 0 Å². The average molecular weight is 301 g/mol. The first-order valence-electron chi connectivity index (χ1n) is 8.42. The highest BCUT2D eigenvalue weighted by molar-refractivity contribution is 6.00. The number of carbonyl (C=O) groups is 1. The van der Waals surface area contributed by atoms with Crippen molar-refractivity contribution < 1.29 is 4.79 Å². The molecule has 1 aromatic carbocycles. The van der Waals surface area contributed by atoms with Crippen molar-refractivity contribution in [1.29, 1.82) is 0 Å². The van der Waals surface area contributed by atoms with Gasteiger partial charge < -0.3 is 0 Å². The second kappa shape index (κ2) is 6.01. The lowest BCUT2D eigenvalue weighted by Crippen LogP contribution is -2.34. The number of benzene rings is 1. The Morgan fingerprint density at radius 2 is 1.78 bits per heavy atom. The molecule has 1 saturated carbocycles. The van der Waals surface area contributed by atoms with Crippen LogP contribution in [0.4, 0.5) is 0 Å². The lowest BCUT2D eigenvalue weighted by molar-refractivity contribution is 0.0798. The summed E-state index contributed by atoms with van der Waals surface area (Å²) < 4.78 is 0. The first-order chi connectivity index (χ1) is 11.3. The minimum absolute atomic E-state index is 0.235. The molecule has 0 spiro atoms. The highest BCUT2D eigenvalue weighted by Gasteiger charge is 2.37. The Hall–Kier alpha value is -2.40. The molecule has 2 aliphatic rings. The largest absolute Gasteiger partial charge is 0.294 e. The van der Waals surface area contributed by atoms with Crippen LogP contribution in [0.1, 0.15) is 53.0 Å². The van der Waals surface area contributed by atoms with E-state index in [0.29, 0.717) is 11.7 Å². The molecule has 0 N–H and O–H groups in total. The van der Waals surface area contributed by atoms with Gasteiger partial charge in [0.2, 0.25) is 0 Å². The summed E-state index contributed by atoms with van der Waals surface area (Å²) in [7, 11) is 0. The summed E-state index contributed by atoms with van der Waals surface area (Å²) in [6, 6.07) is 13.7. The number of aromatic nitrogens is 1. The molecule has 1 fully saturated rings. The van der Waals surface area contributed by atoms with Crippen LogP contribution in [0.5, 0.6) is 0 Å². The minimum atomic E-state index is 0.235. The number of carbonyl (C=O) groups excluding carboxylic acids is 1. The third-order valence-electron chi connectivity index (χ3n) is 5.05. The molecule has 0 amide bonds. The monoisotopic (exact) mass is 301 g/mol. The molecule has 0 aliphatic heterocycles. The van der Waals surface area contributed by atoms with Crippen molar-refractivity contribution in [3.8, 4) is 11.8 Å². The summed E-state index contributed by atoms with van der Waals surface area (Å²) in [5.74, 6) is 7.30. The number of pyridine rings is 1. The SMILES string of the molecule is O=C1c2ccc(C#Cc3ccccc3)nc2CC2CCCCC12. The Balaban J connectivity index is 1.64. The Morgan fingerprint density at radius 3 is 2.65 bits per heavy atom. The second-order valence-corrected chi connectivity index (χ2v) is 6.53. The summed E-state index contributed by atoms with van der Waals surface area (Å²) in [6.07, 6.45) is 5.59. The van der Waals surface area contributed by atoms with Crippen LogP contribution < -0.4 is 0 Å². The van der Waals surface area contributed by atoms with Gasteiger partial charge in [0.25, 0.3) is 0 Å². The number of Topliss-reactive ketones (excluding diaryl/α,β-unsaturated/α-hetero) is 1. The van der Waals surface area contributed by atoms with Crippen LogP contribution in [0.25, 0.3) is 0 Å². The van der Waals surface area contributed by atoms with Crippen molar-refractivity contribution in [3.05, 3.63) is 65.0 Å². The molecule has 2 unspecified atom stereocenters. The predicted octanol–water partition coefficient (Wildman–Crippen LogP) is 4.03. The summed E-state index contributed by atoms with van der Waals surface area (Å²) >= 11 is 0. The van der Waals surface area contributed by atoms with E-state index in [1.807, 2.05) is 42.5 Å². The van der Waals surface area contributed by atoms with E-state index in [1.54, 1.807) is 0 Å². The van der Waals surface area contributed by atoms with Gasteiger partial charge in [-0.25, -0.2) is 4.98 Å².